The van der Waals surface area contributed by atoms with E-state index in [-0.39, 0.29) is 11.7 Å². The Labute approximate surface area is 149 Å². The Morgan fingerprint density at radius 3 is 2.31 bits per heavy atom. The quantitative estimate of drug-likeness (QED) is 0.745. The van der Waals surface area contributed by atoms with E-state index in [2.05, 4.69) is 5.32 Å². The molecule has 0 amide bonds. The predicted octanol–water partition coefficient (Wildman–Crippen LogP) is 4.70. The van der Waals surface area contributed by atoms with Crippen molar-refractivity contribution in [2.24, 2.45) is 5.92 Å². The van der Waals surface area contributed by atoms with Crippen LogP contribution in [0.4, 0.5) is 13.2 Å². The first-order chi connectivity index (χ1) is 12.2. The highest BCUT2D eigenvalue weighted by Crippen LogP contribution is 2.32. The molecule has 2 aromatic rings. The zero-order valence-corrected chi connectivity index (χ0v) is 14.4. The summed E-state index contributed by atoms with van der Waals surface area (Å²) in [5.41, 5.74) is -0.0181. The standard InChI is InChI=1S/C19H20F3NO3/c1-12(2)17(18(24)25)23-11-13-5-3-7-15(9-13)26-16-8-4-6-14(10-16)19(20,21)22/h3-10,12,17,23H,11H2,1-2H3,(H,24,25)/t17-/m0/s1. The average molecular weight is 367 g/mol. The maximum absolute atomic E-state index is 12.8. The molecule has 0 aliphatic rings. The number of aliphatic carboxylic acids is 1. The third kappa shape index (κ3) is 5.49. The van der Waals surface area contributed by atoms with E-state index >= 15 is 0 Å². The number of carbonyl (C=O) groups is 1. The van der Waals surface area contributed by atoms with Crippen molar-refractivity contribution in [1.29, 1.82) is 0 Å². The van der Waals surface area contributed by atoms with E-state index in [0.29, 0.717) is 12.3 Å². The van der Waals surface area contributed by atoms with Crippen LogP contribution in [0, 0.1) is 5.92 Å². The maximum atomic E-state index is 12.8. The summed E-state index contributed by atoms with van der Waals surface area (Å²) in [7, 11) is 0. The molecule has 2 rings (SSSR count). The monoisotopic (exact) mass is 367 g/mol. The number of hydrogen-bond acceptors (Lipinski definition) is 3. The zero-order chi connectivity index (χ0) is 19.3. The van der Waals surface area contributed by atoms with Crippen LogP contribution < -0.4 is 10.1 Å². The molecule has 0 aliphatic carbocycles. The number of carboxylic acids is 1. The zero-order valence-electron chi connectivity index (χ0n) is 14.4. The van der Waals surface area contributed by atoms with Crippen LogP contribution in [0.15, 0.2) is 48.5 Å². The topological polar surface area (TPSA) is 58.6 Å². The van der Waals surface area contributed by atoms with Crippen molar-refractivity contribution in [3.05, 3.63) is 59.7 Å². The first kappa shape index (κ1) is 19.8. The van der Waals surface area contributed by atoms with E-state index in [1.807, 2.05) is 0 Å². The highest BCUT2D eigenvalue weighted by atomic mass is 19.4. The van der Waals surface area contributed by atoms with Crippen LogP contribution in [0.3, 0.4) is 0 Å². The molecule has 140 valence electrons. The van der Waals surface area contributed by atoms with Crippen LogP contribution in [0.25, 0.3) is 0 Å². The normalized spacial score (nSPS) is 12.8. The van der Waals surface area contributed by atoms with Crippen LogP contribution in [-0.2, 0) is 17.5 Å². The summed E-state index contributed by atoms with van der Waals surface area (Å²) in [4.78, 5) is 11.2. The van der Waals surface area contributed by atoms with Gasteiger partial charge >= 0.3 is 12.1 Å². The Hall–Kier alpha value is -2.54. The summed E-state index contributed by atoms with van der Waals surface area (Å²) in [6.45, 7) is 3.91. The SMILES string of the molecule is CC(C)[C@H](NCc1cccc(Oc2cccc(C(F)(F)F)c2)c1)C(=O)O. The van der Waals surface area contributed by atoms with Gasteiger partial charge in [-0.25, -0.2) is 0 Å². The molecule has 7 heteroatoms. The van der Waals surface area contributed by atoms with E-state index in [4.69, 9.17) is 4.74 Å². The van der Waals surface area contributed by atoms with Gasteiger partial charge in [0.15, 0.2) is 0 Å². The fraction of sp³-hybridized carbons (Fsp3) is 0.316. The Balaban J connectivity index is 2.09. The van der Waals surface area contributed by atoms with Crippen molar-refractivity contribution in [1.82, 2.24) is 5.32 Å². The van der Waals surface area contributed by atoms with Gasteiger partial charge in [-0.1, -0.05) is 32.0 Å². The highest BCUT2D eigenvalue weighted by molar-refractivity contribution is 5.73. The minimum absolute atomic E-state index is 0.0792. The second kappa shape index (κ2) is 8.23. The van der Waals surface area contributed by atoms with Crippen molar-refractivity contribution >= 4 is 5.97 Å². The van der Waals surface area contributed by atoms with Gasteiger partial charge in [0, 0.05) is 6.54 Å². The molecule has 26 heavy (non-hydrogen) atoms. The number of alkyl halides is 3. The van der Waals surface area contributed by atoms with E-state index in [1.165, 1.54) is 12.1 Å². The van der Waals surface area contributed by atoms with Gasteiger partial charge in [0.25, 0.3) is 0 Å². The van der Waals surface area contributed by atoms with Crippen LogP contribution in [0.2, 0.25) is 0 Å². The van der Waals surface area contributed by atoms with Crippen molar-refractivity contribution in [2.75, 3.05) is 0 Å². The highest BCUT2D eigenvalue weighted by Gasteiger charge is 2.30. The van der Waals surface area contributed by atoms with Crippen molar-refractivity contribution in [3.63, 3.8) is 0 Å². The number of halogens is 3. The number of nitrogens with one attached hydrogen (secondary N) is 1. The van der Waals surface area contributed by atoms with E-state index in [9.17, 15) is 23.1 Å². The van der Waals surface area contributed by atoms with Crippen molar-refractivity contribution in [2.45, 2.75) is 32.6 Å². The van der Waals surface area contributed by atoms with Crippen LogP contribution in [0.5, 0.6) is 11.5 Å². The number of rotatable bonds is 7. The summed E-state index contributed by atoms with van der Waals surface area (Å²) in [6, 6.07) is 10.7. The summed E-state index contributed by atoms with van der Waals surface area (Å²) >= 11 is 0. The number of hydrogen-bond donors (Lipinski definition) is 2. The summed E-state index contributed by atoms with van der Waals surface area (Å²) in [6.07, 6.45) is -4.44. The molecule has 0 aromatic heterocycles. The Bertz CT molecular complexity index is 760. The molecule has 0 heterocycles. The lowest BCUT2D eigenvalue weighted by atomic mass is 10.0. The average Bonchev–Trinajstić information content (AvgIpc) is 2.54. The molecule has 0 saturated heterocycles. The Morgan fingerprint density at radius 2 is 1.73 bits per heavy atom. The lowest BCUT2D eigenvalue weighted by Gasteiger charge is -2.18. The molecule has 2 aromatic carbocycles. The van der Waals surface area contributed by atoms with Crippen LogP contribution in [0.1, 0.15) is 25.0 Å². The van der Waals surface area contributed by atoms with Gasteiger partial charge in [0.2, 0.25) is 0 Å². The molecular formula is C19H20F3NO3. The van der Waals surface area contributed by atoms with Gasteiger partial charge in [-0.05, 0) is 41.8 Å². The number of carboxylic acid groups (broad SMARTS) is 1. The number of ether oxygens (including phenoxy) is 1. The molecule has 0 fully saturated rings. The molecule has 0 saturated carbocycles. The first-order valence-electron chi connectivity index (χ1n) is 8.07. The molecule has 0 spiro atoms. The summed E-state index contributed by atoms with van der Waals surface area (Å²) < 4.78 is 43.8. The smallest absolute Gasteiger partial charge is 0.416 e. The van der Waals surface area contributed by atoms with E-state index in [1.54, 1.807) is 38.1 Å². The van der Waals surface area contributed by atoms with Crippen LogP contribution in [-0.4, -0.2) is 17.1 Å². The number of benzene rings is 2. The molecule has 2 N–H and O–H groups in total. The molecule has 4 nitrogen and oxygen atoms in total. The fourth-order valence-corrected chi connectivity index (χ4v) is 2.43. The van der Waals surface area contributed by atoms with E-state index in [0.717, 1.165) is 17.7 Å². The first-order valence-corrected chi connectivity index (χ1v) is 8.07. The van der Waals surface area contributed by atoms with Gasteiger partial charge < -0.3 is 15.2 Å². The Morgan fingerprint density at radius 1 is 1.12 bits per heavy atom. The summed E-state index contributed by atoms with van der Waals surface area (Å²) in [5.74, 6) is -0.566. The van der Waals surface area contributed by atoms with Gasteiger partial charge in [0.05, 0.1) is 5.56 Å². The molecule has 0 radical (unpaired) electrons. The van der Waals surface area contributed by atoms with Gasteiger partial charge in [-0.15, -0.1) is 0 Å². The lowest BCUT2D eigenvalue weighted by Crippen LogP contribution is -2.40. The minimum Gasteiger partial charge on any atom is -0.480 e. The van der Waals surface area contributed by atoms with Gasteiger partial charge in [0.1, 0.15) is 17.5 Å². The van der Waals surface area contributed by atoms with E-state index < -0.39 is 23.8 Å². The maximum Gasteiger partial charge on any atom is 0.416 e. The van der Waals surface area contributed by atoms with Crippen LogP contribution >= 0.6 is 0 Å². The van der Waals surface area contributed by atoms with Gasteiger partial charge in [-0.2, -0.15) is 13.2 Å². The third-order valence-corrected chi connectivity index (χ3v) is 3.75. The molecule has 1 atom stereocenters. The Kier molecular flexibility index (Phi) is 6.26. The van der Waals surface area contributed by atoms with Gasteiger partial charge in [-0.3, -0.25) is 4.79 Å². The summed E-state index contributed by atoms with van der Waals surface area (Å²) in [5, 5.41) is 12.1. The molecule has 0 aliphatic heterocycles. The van der Waals surface area contributed by atoms with Crippen molar-refractivity contribution in [3.8, 4) is 11.5 Å². The predicted molar refractivity (Wildman–Crippen MR) is 91.1 cm³/mol. The largest absolute Gasteiger partial charge is 0.480 e. The molecule has 0 bridgehead atoms. The fourth-order valence-electron chi connectivity index (χ4n) is 2.43. The molecular weight excluding hydrogens is 347 g/mol. The van der Waals surface area contributed by atoms with Crippen molar-refractivity contribution < 1.29 is 27.8 Å². The molecule has 0 unspecified atom stereocenters. The second-order valence-electron chi connectivity index (χ2n) is 6.22. The second-order valence-corrected chi connectivity index (χ2v) is 6.22. The minimum atomic E-state index is -4.44. The lowest BCUT2D eigenvalue weighted by molar-refractivity contribution is -0.140. The third-order valence-electron chi connectivity index (χ3n) is 3.75.